The molecule has 0 bridgehead atoms. The van der Waals surface area contributed by atoms with Crippen molar-refractivity contribution >= 4 is 50.6 Å². The Morgan fingerprint density at radius 1 is 0.413 bits per heavy atom. The zero-order chi connectivity index (χ0) is 30.9. The Morgan fingerprint density at radius 3 is 1.43 bits per heavy atom. The third-order valence-electron chi connectivity index (χ3n) is 9.13. The van der Waals surface area contributed by atoms with Gasteiger partial charge in [-0.1, -0.05) is 146 Å². The summed E-state index contributed by atoms with van der Waals surface area (Å²) in [6, 6.07) is 67.5. The quantitative estimate of drug-likeness (QED) is 0.142. The summed E-state index contributed by atoms with van der Waals surface area (Å²) in [5, 5.41) is 17.9. The molecule has 46 heavy (non-hydrogen) atoms. The molecule has 0 aliphatic carbocycles. The molecule has 3 heteroatoms. The Labute approximate surface area is 270 Å². The molecule has 1 heterocycles. The van der Waals surface area contributed by atoms with Crippen LogP contribution in [0.4, 0.5) is 0 Å². The van der Waals surface area contributed by atoms with Crippen molar-refractivity contribution in [1.29, 1.82) is 5.26 Å². The van der Waals surface area contributed by atoms with Gasteiger partial charge < -0.3 is 4.57 Å². The second-order valence-electron chi connectivity index (χ2n) is 11.7. The Balaban J connectivity index is 1.39. The van der Waals surface area contributed by atoms with Gasteiger partial charge in [-0.05, 0) is 68.3 Å². The normalized spacial score (nSPS) is 11.5. The Hall–Kier alpha value is -5.95. The van der Waals surface area contributed by atoms with Crippen LogP contribution >= 0.6 is 0 Å². The molecule has 0 N–H and O–H groups in total. The van der Waals surface area contributed by atoms with Crippen LogP contribution in [0.25, 0.3) is 38.6 Å². The van der Waals surface area contributed by atoms with E-state index in [2.05, 4.69) is 187 Å². The minimum Gasteiger partial charge on any atom is -0.309 e. The summed E-state index contributed by atoms with van der Waals surface area (Å²) in [5.74, 6) is 0. The largest absolute Gasteiger partial charge is 0.309 e. The van der Waals surface area contributed by atoms with Gasteiger partial charge in [0.05, 0.1) is 22.7 Å². The van der Waals surface area contributed by atoms with Crippen LogP contribution in [-0.4, -0.2) is 12.6 Å². The minimum absolute atomic E-state index is 0.662. The van der Waals surface area contributed by atoms with Gasteiger partial charge in [0, 0.05) is 16.5 Å². The molecule has 0 spiro atoms. The first kappa shape index (κ1) is 27.6. The molecule has 7 aromatic carbocycles. The summed E-state index contributed by atoms with van der Waals surface area (Å²) in [7, 11) is -2.81. The minimum atomic E-state index is -2.81. The molecule has 0 saturated heterocycles. The molecule has 0 amide bonds. The zero-order valence-corrected chi connectivity index (χ0v) is 26.2. The maximum Gasteiger partial charge on any atom is 0.179 e. The summed E-state index contributed by atoms with van der Waals surface area (Å²) in [4.78, 5) is 0. The maximum absolute atomic E-state index is 10.4. The predicted octanol–water partition coefficient (Wildman–Crippen LogP) is 7.70. The van der Waals surface area contributed by atoms with Crippen molar-refractivity contribution < 1.29 is 0 Å². The van der Waals surface area contributed by atoms with Crippen molar-refractivity contribution in [3.63, 3.8) is 0 Å². The van der Waals surface area contributed by atoms with E-state index < -0.39 is 8.07 Å². The fourth-order valence-electron chi connectivity index (χ4n) is 7.17. The first-order valence-electron chi connectivity index (χ1n) is 15.6. The molecule has 0 aliphatic heterocycles. The van der Waals surface area contributed by atoms with Crippen LogP contribution in [0.1, 0.15) is 5.56 Å². The van der Waals surface area contributed by atoms with E-state index in [-0.39, 0.29) is 0 Å². The maximum atomic E-state index is 10.4. The lowest BCUT2D eigenvalue weighted by Gasteiger charge is -2.34. The van der Waals surface area contributed by atoms with Crippen LogP contribution in [0.15, 0.2) is 182 Å². The van der Waals surface area contributed by atoms with Crippen LogP contribution in [-0.2, 0) is 0 Å². The van der Waals surface area contributed by atoms with Gasteiger partial charge in [0.2, 0.25) is 0 Å². The van der Waals surface area contributed by atoms with Gasteiger partial charge >= 0.3 is 0 Å². The Kier molecular flexibility index (Phi) is 6.91. The number of nitrogens with zero attached hydrogens (tertiary/aromatic N) is 2. The second kappa shape index (κ2) is 11.5. The van der Waals surface area contributed by atoms with Crippen molar-refractivity contribution in [1.82, 2.24) is 4.57 Å². The molecule has 0 saturated carbocycles. The van der Waals surface area contributed by atoms with Gasteiger partial charge in [-0.15, -0.1) is 0 Å². The third-order valence-corrected chi connectivity index (χ3v) is 13.9. The number of rotatable bonds is 6. The summed E-state index contributed by atoms with van der Waals surface area (Å²) in [5.41, 5.74) is 6.23. The third kappa shape index (κ3) is 4.47. The van der Waals surface area contributed by atoms with E-state index in [1.165, 1.54) is 42.6 Å². The fraction of sp³-hybridized carbons (Fsp3) is 0. The molecule has 1 aromatic heterocycles. The molecular weight excluding hydrogens is 573 g/mol. The first-order valence-corrected chi connectivity index (χ1v) is 17.6. The number of para-hydroxylation sites is 2. The number of nitriles is 1. The smallest absolute Gasteiger partial charge is 0.179 e. The van der Waals surface area contributed by atoms with Crippen LogP contribution < -0.4 is 20.7 Å². The molecule has 8 aromatic rings. The van der Waals surface area contributed by atoms with Crippen LogP contribution in [0, 0.1) is 11.3 Å². The Bertz CT molecular complexity index is 2220. The van der Waals surface area contributed by atoms with Crippen molar-refractivity contribution in [3.05, 3.63) is 188 Å². The number of benzene rings is 7. The molecule has 0 aliphatic rings. The van der Waals surface area contributed by atoms with E-state index in [1.54, 1.807) is 0 Å². The number of hydrogen-bond donors (Lipinski definition) is 0. The highest BCUT2D eigenvalue weighted by molar-refractivity contribution is 7.19. The predicted molar refractivity (Wildman–Crippen MR) is 195 cm³/mol. The van der Waals surface area contributed by atoms with E-state index in [0.717, 1.165) is 16.8 Å². The highest BCUT2D eigenvalue weighted by atomic mass is 28.3. The average Bonchev–Trinajstić information content (AvgIpc) is 3.48. The van der Waals surface area contributed by atoms with Crippen LogP contribution in [0.2, 0.25) is 0 Å². The van der Waals surface area contributed by atoms with Crippen molar-refractivity contribution in [2.75, 3.05) is 0 Å². The lowest BCUT2D eigenvalue weighted by molar-refractivity contribution is 1.18. The number of hydrogen-bond acceptors (Lipinski definition) is 1. The molecule has 0 radical (unpaired) electrons. The van der Waals surface area contributed by atoms with Crippen molar-refractivity contribution in [2.45, 2.75) is 0 Å². The van der Waals surface area contributed by atoms with E-state index in [0.29, 0.717) is 5.56 Å². The van der Waals surface area contributed by atoms with Gasteiger partial charge in [-0.2, -0.15) is 5.26 Å². The monoisotopic (exact) mass is 602 g/mol. The van der Waals surface area contributed by atoms with Gasteiger partial charge in [-0.3, -0.25) is 0 Å². The van der Waals surface area contributed by atoms with Gasteiger partial charge in [0.15, 0.2) is 8.07 Å². The average molecular weight is 603 g/mol. The second-order valence-corrected chi connectivity index (χ2v) is 15.5. The first-order chi connectivity index (χ1) is 22.8. The van der Waals surface area contributed by atoms with Crippen LogP contribution in [0.3, 0.4) is 0 Å². The van der Waals surface area contributed by atoms with E-state index >= 15 is 0 Å². The summed E-state index contributed by atoms with van der Waals surface area (Å²) in [6.45, 7) is 0. The lowest BCUT2D eigenvalue weighted by atomic mass is 10.0. The molecule has 8 rings (SSSR count). The molecule has 0 atom stereocenters. The zero-order valence-electron chi connectivity index (χ0n) is 25.2. The molecule has 216 valence electrons. The SMILES string of the molecule is N#Cc1cc(-c2cccc(-n3c4ccccc4c4ccccc43)c2)cc([Si](c2ccccc2)(c2ccccc2)c2ccccc2)c1. The summed E-state index contributed by atoms with van der Waals surface area (Å²) in [6.07, 6.45) is 0. The summed E-state index contributed by atoms with van der Waals surface area (Å²) < 4.78 is 2.35. The van der Waals surface area contributed by atoms with E-state index in [1.807, 2.05) is 6.07 Å². The Morgan fingerprint density at radius 2 is 0.913 bits per heavy atom. The lowest BCUT2D eigenvalue weighted by Crippen LogP contribution is -2.74. The van der Waals surface area contributed by atoms with Crippen LogP contribution in [0.5, 0.6) is 0 Å². The van der Waals surface area contributed by atoms with Crippen molar-refractivity contribution in [2.24, 2.45) is 0 Å². The molecule has 2 nitrogen and oxygen atoms in total. The van der Waals surface area contributed by atoms with Crippen molar-refractivity contribution in [3.8, 4) is 22.9 Å². The topological polar surface area (TPSA) is 28.7 Å². The summed E-state index contributed by atoms with van der Waals surface area (Å²) >= 11 is 0. The molecule has 0 fully saturated rings. The number of fused-ring (bicyclic) bond motifs is 3. The van der Waals surface area contributed by atoms with Gasteiger partial charge in [0.25, 0.3) is 0 Å². The van der Waals surface area contributed by atoms with Gasteiger partial charge in [-0.25, -0.2) is 0 Å². The van der Waals surface area contributed by atoms with E-state index in [9.17, 15) is 5.26 Å². The molecular formula is C43H30N2Si. The molecule has 0 unspecified atom stereocenters. The highest BCUT2D eigenvalue weighted by Gasteiger charge is 2.41. The fourth-order valence-corrected chi connectivity index (χ4v) is 12.0. The van der Waals surface area contributed by atoms with E-state index in [4.69, 9.17) is 0 Å². The standard InChI is InChI=1S/C43H30N2Si/c44-31-32-27-34(33-15-14-16-35(29-33)45-42-25-12-10-23-40(42)41-24-11-13-26-43(41)45)30-39(28-32)46(36-17-4-1-5-18-36,37-19-6-2-7-20-37)38-21-8-3-9-22-38/h1-30H. The number of aromatic nitrogens is 1. The highest BCUT2D eigenvalue weighted by Crippen LogP contribution is 2.33. The van der Waals surface area contributed by atoms with Gasteiger partial charge in [0.1, 0.15) is 0 Å².